The minimum absolute atomic E-state index is 0.0478. The largest absolute Gasteiger partial charge is 0.495 e. The highest BCUT2D eigenvalue weighted by Gasteiger charge is 2.20. The molecule has 0 unspecified atom stereocenters. The average Bonchev–Trinajstić information content (AvgIpc) is 3.17. The van der Waals surface area contributed by atoms with E-state index < -0.39 is 15.9 Å². The summed E-state index contributed by atoms with van der Waals surface area (Å²) in [5.74, 6) is 1.31. The van der Waals surface area contributed by atoms with Gasteiger partial charge in [-0.15, -0.1) is 0 Å². The van der Waals surface area contributed by atoms with E-state index in [1.807, 2.05) is 17.8 Å². The molecule has 9 nitrogen and oxygen atoms in total. The Morgan fingerprint density at radius 2 is 1.87 bits per heavy atom. The fraction of sp³-hybridized carbons (Fsp3) is 0.238. The monoisotopic (exact) mass is 444 g/mol. The summed E-state index contributed by atoms with van der Waals surface area (Å²) in [6.45, 7) is 0.305. The lowest BCUT2D eigenvalue weighted by Gasteiger charge is -2.15. The molecule has 0 bridgehead atoms. The molecular weight excluding hydrogens is 420 g/mol. The van der Waals surface area contributed by atoms with Gasteiger partial charge in [0.25, 0.3) is 5.91 Å². The summed E-state index contributed by atoms with van der Waals surface area (Å²) < 4.78 is 38.7. The Hall–Kier alpha value is -3.37. The molecule has 1 N–H and O–H groups in total. The van der Waals surface area contributed by atoms with Crippen LogP contribution in [-0.2, 0) is 23.7 Å². The molecular formula is C21H24N4O5S. The SMILES string of the molecule is COc1ccc(S(=O)(=O)N(C)C)cc1NC(=O)c1ccc(OCc2nccn2C)cc1. The van der Waals surface area contributed by atoms with Crippen molar-refractivity contribution in [3.8, 4) is 11.5 Å². The van der Waals surface area contributed by atoms with E-state index in [-0.39, 0.29) is 10.6 Å². The Morgan fingerprint density at radius 1 is 1.16 bits per heavy atom. The molecule has 164 valence electrons. The summed E-state index contributed by atoms with van der Waals surface area (Å²) in [4.78, 5) is 16.9. The van der Waals surface area contributed by atoms with Crippen molar-refractivity contribution in [1.29, 1.82) is 0 Å². The average molecular weight is 445 g/mol. The Morgan fingerprint density at radius 3 is 2.45 bits per heavy atom. The highest BCUT2D eigenvalue weighted by atomic mass is 32.2. The molecule has 10 heteroatoms. The molecule has 2 aromatic carbocycles. The van der Waals surface area contributed by atoms with Crippen LogP contribution in [-0.4, -0.2) is 49.4 Å². The van der Waals surface area contributed by atoms with Gasteiger partial charge < -0.3 is 19.4 Å². The number of aromatic nitrogens is 2. The van der Waals surface area contributed by atoms with Gasteiger partial charge in [-0.2, -0.15) is 0 Å². The predicted molar refractivity (Wildman–Crippen MR) is 116 cm³/mol. The van der Waals surface area contributed by atoms with E-state index in [2.05, 4.69) is 10.3 Å². The summed E-state index contributed by atoms with van der Waals surface area (Å²) in [6, 6.07) is 10.9. The third-order valence-corrected chi connectivity index (χ3v) is 6.41. The first-order chi connectivity index (χ1) is 14.7. The smallest absolute Gasteiger partial charge is 0.255 e. The van der Waals surface area contributed by atoms with E-state index in [0.29, 0.717) is 23.7 Å². The molecule has 31 heavy (non-hydrogen) atoms. The maximum Gasteiger partial charge on any atom is 0.255 e. The zero-order chi connectivity index (χ0) is 22.6. The van der Waals surface area contributed by atoms with Gasteiger partial charge in [0.2, 0.25) is 10.0 Å². The number of carbonyl (C=O) groups excluding carboxylic acids is 1. The van der Waals surface area contributed by atoms with E-state index in [1.54, 1.807) is 30.5 Å². The number of carbonyl (C=O) groups is 1. The second-order valence-electron chi connectivity index (χ2n) is 6.87. The fourth-order valence-corrected chi connectivity index (χ4v) is 3.66. The first-order valence-electron chi connectivity index (χ1n) is 9.33. The van der Waals surface area contributed by atoms with Crippen molar-refractivity contribution in [3.63, 3.8) is 0 Å². The lowest BCUT2D eigenvalue weighted by Crippen LogP contribution is -2.22. The summed E-state index contributed by atoms with van der Waals surface area (Å²) in [5, 5.41) is 2.71. The molecule has 0 spiro atoms. The number of rotatable bonds is 8. The van der Waals surface area contributed by atoms with Gasteiger partial charge >= 0.3 is 0 Å². The van der Waals surface area contributed by atoms with Crippen LogP contribution in [0.1, 0.15) is 16.2 Å². The quantitative estimate of drug-likeness (QED) is 0.573. The van der Waals surface area contributed by atoms with Crippen LogP contribution in [0.3, 0.4) is 0 Å². The maximum atomic E-state index is 12.7. The van der Waals surface area contributed by atoms with E-state index in [4.69, 9.17) is 9.47 Å². The number of methoxy groups -OCH3 is 1. The highest BCUT2D eigenvalue weighted by molar-refractivity contribution is 7.89. The lowest BCUT2D eigenvalue weighted by molar-refractivity contribution is 0.102. The standard InChI is InChI=1S/C21H24N4O5S/c1-24(2)31(27,28)17-9-10-19(29-4)18(13-17)23-21(26)15-5-7-16(8-6-15)30-14-20-22-11-12-25(20)3/h5-13H,14H2,1-4H3,(H,23,26). The molecule has 1 aromatic heterocycles. The summed E-state index contributed by atoms with van der Waals surface area (Å²) in [6.07, 6.45) is 3.53. The molecule has 0 atom stereocenters. The summed E-state index contributed by atoms with van der Waals surface area (Å²) >= 11 is 0. The van der Waals surface area contributed by atoms with E-state index >= 15 is 0 Å². The second kappa shape index (κ2) is 9.19. The van der Waals surface area contributed by atoms with Crippen LogP contribution in [0.25, 0.3) is 0 Å². The molecule has 0 saturated heterocycles. The van der Waals surface area contributed by atoms with Crippen molar-refractivity contribution in [2.45, 2.75) is 11.5 Å². The lowest BCUT2D eigenvalue weighted by atomic mass is 10.2. The number of aryl methyl sites for hydroxylation is 1. The van der Waals surface area contributed by atoms with Crippen molar-refractivity contribution >= 4 is 21.6 Å². The Balaban J connectivity index is 1.74. The van der Waals surface area contributed by atoms with Crippen LogP contribution in [0.15, 0.2) is 59.8 Å². The van der Waals surface area contributed by atoms with Crippen molar-refractivity contribution in [3.05, 3.63) is 66.2 Å². The van der Waals surface area contributed by atoms with Crippen LogP contribution < -0.4 is 14.8 Å². The zero-order valence-corrected chi connectivity index (χ0v) is 18.5. The number of benzene rings is 2. The van der Waals surface area contributed by atoms with Gasteiger partial charge in [0.1, 0.15) is 23.9 Å². The predicted octanol–water partition coefficient (Wildman–Crippen LogP) is 2.51. The maximum absolute atomic E-state index is 12.7. The van der Waals surface area contributed by atoms with Crippen molar-refractivity contribution in [1.82, 2.24) is 13.9 Å². The van der Waals surface area contributed by atoms with Gasteiger partial charge in [0.15, 0.2) is 0 Å². The number of anilines is 1. The molecule has 0 aliphatic carbocycles. The summed E-state index contributed by atoms with van der Waals surface area (Å²) in [7, 11) is 2.55. The first-order valence-corrected chi connectivity index (χ1v) is 10.8. The Kier molecular flexibility index (Phi) is 6.62. The molecule has 0 aliphatic rings. The van der Waals surface area contributed by atoms with Crippen LogP contribution in [0.5, 0.6) is 11.5 Å². The number of imidazole rings is 1. The van der Waals surface area contributed by atoms with Crippen molar-refractivity contribution in [2.75, 3.05) is 26.5 Å². The number of hydrogen-bond donors (Lipinski definition) is 1. The van der Waals surface area contributed by atoms with Gasteiger partial charge in [-0.1, -0.05) is 0 Å². The number of ether oxygens (including phenoxy) is 2. The van der Waals surface area contributed by atoms with E-state index in [9.17, 15) is 13.2 Å². The van der Waals surface area contributed by atoms with Crippen LogP contribution in [0, 0.1) is 0 Å². The summed E-state index contributed by atoms with van der Waals surface area (Å²) in [5.41, 5.74) is 0.637. The molecule has 0 radical (unpaired) electrons. The fourth-order valence-electron chi connectivity index (χ4n) is 2.74. The second-order valence-corrected chi connectivity index (χ2v) is 9.02. The molecule has 3 rings (SSSR count). The van der Waals surface area contributed by atoms with Crippen molar-refractivity contribution < 1.29 is 22.7 Å². The molecule has 1 heterocycles. The molecule has 0 fully saturated rings. The minimum Gasteiger partial charge on any atom is -0.495 e. The highest BCUT2D eigenvalue weighted by Crippen LogP contribution is 2.29. The third kappa shape index (κ3) is 5.04. The number of nitrogens with zero attached hydrogens (tertiary/aromatic N) is 3. The van der Waals surface area contributed by atoms with Crippen molar-refractivity contribution in [2.24, 2.45) is 7.05 Å². The number of sulfonamides is 1. The minimum atomic E-state index is -3.66. The number of hydrogen-bond acceptors (Lipinski definition) is 6. The molecule has 0 saturated carbocycles. The Bertz CT molecular complexity index is 1170. The van der Waals surface area contributed by atoms with Gasteiger partial charge in [0.05, 0.1) is 17.7 Å². The number of amides is 1. The van der Waals surface area contributed by atoms with Gasteiger partial charge in [-0.05, 0) is 42.5 Å². The van der Waals surface area contributed by atoms with Gasteiger partial charge in [-0.25, -0.2) is 17.7 Å². The normalized spacial score (nSPS) is 11.4. The molecule has 3 aromatic rings. The van der Waals surface area contributed by atoms with E-state index in [1.165, 1.54) is 39.4 Å². The zero-order valence-electron chi connectivity index (χ0n) is 17.7. The Labute approximate surface area is 181 Å². The van der Waals surface area contributed by atoms with Gasteiger partial charge in [0, 0.05) is 39.1 Å². The number of nitrogens with one attached hydrogen (secondary N) is 1. The molecule has 1 amide bonds. The van der Waals surface area contributed by atoms with Crippen LogP contribution >= 0.6 is 0 Å². The van der Waals surface area contributed by atoms with Gasteiger partial charge in [-0.3, -0.25) is 4.79 Å². The molecule has 0 aliphatic heterocycles. The van der Waals surface area contributed by atoms with Crippen LogP contribution in [0.4, 0.5) is 5.69 Å². The third-order valence-electron chi connectivity index (χ3n) is 4.60. The topological polar surface area (TPSA) is 103 Å². The first kappa shape index (κ1) is 22.3. The van der Waals surface area contributed by atoms with Crippen LogP contribution in [0.2, 0.25) is 0 Å². The van der Waals surface area contributed by atoms with E-state index in [0.717, 1.165) is 10.1 Å².